The molecule has 0 spiro atoms. The van der Waals surface area contributed by atoms with Crippen molar-refractivity contribution in [3.63, 3.8) is 0 Å². The highest BCUT2D eigenvalue weighted by molar-refractivity contribution is 6.68. The third-order valence-corrected chi connectivity index (χ3v) is 3.50. The highest BCUT2D eigenvalue weighted by Crippen LogP contribution is 2.48. The Kier molecular flexibility index (Phi) is 3.42. The van der Waals surface area contributed by atoms with E-state index in [1.807, 2.05) is 0 Å². The molecule has 0 saturated heterocycles. The van der Waals surface area contributed by atoms with Gasteiger partial charge in [0.05, 0.1) is 10.4 Å². The van der Waals surface area contributed by atoms with E-state index in [4.69, 9.17) is 51.6 Å². The van der Waals surface area contributed by atoms with E-state index in [-0.39, 0.29) is 10.7 Å². The van der Waals surface area contributed by atoms with Crippen LogP contribution in [0.5, 0.6) is 0 Å². The zero-order chi connectivity index (χ0) is 11.0. The first-order chi connectivity index (χ1) is 6.30. The first-order valence-electron chi connectivity index (χ1n) is 3.67. The largest absolute Gasteiger partial charge is 0.410 e. The normalized spacial score (nSPS) is 30.6. The summed E-state index contributed by atoms with van der Waals surface area (Å²) in [5, 5.41) is 11.8. The highest BCUT2D eigenvalue weighted by atomic mass is 35.6. The predicted octanol–water partition coefficient (Wildman–Crippen LogP) is 3.89. The molecule has 0 unspecified atom stereocenters. The molecular weight excluding hydrogens is 268 g/mol. The van der Waals surface area contributed by atoms with Crippen LogP contribution in [0, 0.1) is 5.41 Å². The van der Waals surface area contributed by atoms with Gasteiger partial charge in [-0.2, -0.15) is 0 Å². The summed E-state index contributed by atoms with van der Waals surface area (Å²) in [6.45, 7) is 1.72. The van der Waals surface area contributed by atoms with Crippen LogP contribution in [0.3, 0.4) is 0 Å². The van der Waals surface area contributed by atoms with Crippen LogP contribution in [0.15, 0.2) is 28.4 Å². The van der Waals surface area contributed by atoms with Crippen molar-refractivity contribution in [1.82, 2.24) is 0 Å². The first-order valence-corrected chi connectivity index (χ1v) is 5.18. The Morgan fingerprint density at radius 1 is 1.43 bits per heavy atom. The van der Waals surface area contributed by atoms with Crippen molar-refractivity contribution in [1.29, 1.82) is 0 Å². The maximum absolute atomic E-state index is 8.55. The van der Waals surface area contributed by atoms with Crippen molar-refractivity contribution in [2.75, 3.05) is 0 Å². The maximum Gasteiger partial charge on any atom is 0.202 e. The minimum Gasteiger partial charge on any atom is -0.410 e. The van der Waals surface area contributed by atoms with Gasteiger partial charge in [0.15, 0.2) is 0 Å². The van der Waals surface area contributed by atoms with Crippen molar-refractivity contribution < 1.29 is 5.21 Å². The van der Waals surface area contributed by atoms with Gasteiger partial charge in [0, 0.05) is 0 Å². The van der Waals surface area contributed by atoms with Crippen LogP contribution >= 0.6 is 46.4 Å². The van der Waals surface area contributed by atoms with Crippen molar-refractivity contribution in [3.8, 4) is 0 Å². The van der Waals surface area contributed by atoms with Crippen LogP contribution in [0.2, 0.25) is 0 Å². The predicted molar refractivity (Wildman–Crippen MR) is 60.7 cm³/mol. The van der Waals surface area contributed by atoms with E-state index in [2.05, 4.69) is 5.16 Å². The molecule has 0 aromatic heterocycles. The van der Waals surface area contributed by atoms with Crippen molar-refractivity contribution in [2.24, 2.45) is 10.6 Å². The molecule has 0 bridgehead atoms. The zero-order valence-corrected chi connectivity index (χ0v) is 10.2. The Morgan fingerprint density at radius 3 is 2.36 bits per heavy atom. The molecule has 0 aromatic rings. The fraction of sp³-hybridized carbons (Fsp3) is 0.375. The van der Waals surface area contributed by atoms with Gasteiger partial charge in [0.2, 0.25) is 3.79 Å². The van der Waals surface area contributed by atoms with Gasteiger partial charge in [-0.25, -0.2) is 0 Å². The molecule has 1 aliphatic carbocycles. The smallest absolute Gasteiger partial charge is 0.202 e. The van der Waals surface area contributed by atoms with E-state index in [0.717, 1.165) is 0 Å². The summed E-state index contributed by atoms with van der Waals surface area (Å²) in [5.41, 5.74) is -0.554. The average Bonchev–Trinajstić information content (AvgIpc) is 2.02. The molecule has 2 nitrogen and oxygen atoms in total. The topological polar surface area (TPSA) is 32.6 Å². The number of halogens is 4. The van der Waals surface area contributed by atoms with Gasteiger partial charge >= 0.3 is 0 Å². The monoisotopic (exact) mass is 273 g/mol. The number of hydrogen-bond acceptors (Lipinski definition) is 2. The first kappa shape index (κ1) is 12.2. The van der Waals surface area contributed by atoms with Gasteiger partial charge in [-0.05, 0) is 19.1 Å². The summed E-state index contributed by atoms with van der Waals surface area (Å²) < 4.78 is -1.50. The van der Waals surface area contributed by atoms with E-state index in [0.29, 0.717) is 0 Å². The quantitative estimate of drug-likeness (QED) is 0.406. The minimum atomic E-state index is -1.50. The average molecular weight is 275 g/mol. The fourth-order valence-corrected chi connectivity index (χ4v) is 1.65. The van der Waals surface area contributed by atoms with Crippen LogP contribution in [-0.2, 0) is 0 Å². The van der Waals surface area contributed by atoms with Gasteiger partial charge in [-0.1, -0.05) is 57.6 Å². The van der Waals surface area contributed by atoms with E-state index < -0.39 is 9.21 Å². The van der Waals surface area contributed by atoms with Gasteiger partial charge < -0.3 is 5.21 Å². The van der Waals surface area contributed by atoms with Crippen molar-refractivity contribution >= 4 is 52.1 Å². The van der Waals surface area contributed by atoms with Gasteiger partial charge in [0.25, 0.3) is 0 Å². The lowest BCUT2D eigenvalue weighted by Gasteiger charge is -2.32. The Morgan fingerprint density at radius 2 is 2.00 bits per heavy atom. The van der Waals surface area contributed by atoms with Crippen LogP contribution in [-0.4, -0.2) is 14.7 Å². The lowest BCUT2D eigenvalue weighted by molar-refractivity contribution is 0.319. The van der Waals surface area contributed by atoms with E-state index >= 15 is 0 Å². The molecule has 1 atom stereocenters. The summed E-state index contributed by atoms with van der Waals surface area (Å²) >= 11 is 23.2. The van der Waals surface area contributed by atoms with E-state index in [1.54, 1.807) is 13.0 Å². The molecule has 0 amide bonds. The fourth-order valence-electron chi connectivity index (χ4n) is 0.974. The standard InChI is InChI=1S/C8H7Cl4NO/c1-7(8(10,11)12)3-2-6(13-14)5(9)4-7/h2-4,14H,1H3/b13-6-/t7-/m1/s1. The number of oxime groups is 1. The molecule has 0 saturated carbocycles. The number of allylic oxidation sites excluding steroid dienone is 4. The lowest BCUT2D eigenvalue weighted by atomic mass is 9.87. The molecule has 1 aliphatic rings. The van der Waals surface area contributed by atoms with Crippen LogP contribution in [0.1, 0.15) is 6.92 Å². The Bertz CT molecular complexity index is 329. The number of hydrogen-bond donors (Lipinski definition) is 1. The molecule has 78 valence electrons. The lowest BCUT2D eigenvalue weighted by Crippen LogP contribution is -2.30. The summed E-state index contributed by atoms with van der Waals surface area (Å²) in [4.78, 5) is 0. The molecule has 0 fully saturated rings. The summed E-state index contributed by atoms with van der Waals surface area (Å²) in [5.74, 6) is 0. The number of alkyl halides is 3. The van der Waals surface area contributed by atoms with Gasteiger partial charge in [-0.15, -0.1) is 0 Å². The second-order valence-electron chi connectivity index (χ2n) is 3.09. The van der Waals surface area contributed by atoms with Gasteiger partial charge in [-0.3, -0.25) is 0 Å². The second kappa shape index (κ2) is 3.93. The Balaban J connectivity index is 3.11. The van der Waals surface area contributed by atoms with Crippen molar-refractivity contribution in [2.45, 2.75) is 10.7 Å². The molecule has 1 rings (SSSR count). The minimum absolute atomic E-state index is 0.249. The van der Waals surface area contributed by atoms with Crippen molar-refractivity contribution in [3.05, 3.63) is 23.3 Å². The molecule has 6 heteroatoms. The summed E-state index contributed by atoms with van der Waals surface area (Å²) in [7, 11) is 0. The second-order valence-corrected chi connectivity index (χ2v) is 5.78. The summed E-state index contributed by atoms with van der Waals surface area (Å²) in [6.07, 6.45) is 4.67. The Labute approximate surface area is 102 Å². The molecule has 0 radical (unpaired) electrons. The molecule has 0 aromatic carbocycles. The molecule has 1 N–H and O–H groups in total. The van der Waals surface area contributed by atoms with Crippen LogP contribution < -0.4 is 0 Å². The van der Waals surface area contributed by atoms with Crippen LogP contribution in [0.4, 0.5) is 0 Å². The number of rotatable bonds is 0. The van der Waals surface area contributed by atoms with E-state index in [9.17, 15) is 0 Å². The zero-order valence-electron chi connectivity index (χ0n) is 7.14. The molecular formula is C8H7Cl4NO. The SMILES string of the molecule is C[C@@]1(C(Cl)(Cl)Cl)C=C/C(=N/O)C(Cl)=C1. The highest BCUT2D eigenvalue weighted by Gasteiger charge is 2.42. The maximum atomic E-state index is 8.55. The third kappa shape index (κ3) is 2.19. The summed E-state index contributed by atoms with van der Waals surface area (Å²) in [6, 6.07) is 0. The Hall–Kier alpha value is 0.110. The van der Waals surface area contributed by atoms with Gasteiger partial charge in [0.1, 0.15) is 5.71 Å². The molecule has 14 heavy (non-hydrogen) atoms. The number of nitrogens with zero attached hydrogens (tertiary/aromatic N) is 1. The van der Waals surface area contributed by atoms with E-state index in [1.165, 1.54) is 12.2 Å². The van der Waals surface area contributed by atoms with Crippen LogP contribution in [0.25, 0.3) is 0 Å². The third-order valence-electron chi connectivity index (χ3n) is 1.98. The molecule has 0 aliphatic heterocycles. The molecule has 0 heterocycles.